The molecule has 22 heavy (non-hydrogen) atoms. The van der Waals surface area contributed by atoms with E-state index in [0.717, 1.165) is 16.7 Å². The monoisotopic (exact) mass is 298 g/mol. The quantitative estimate of drug-likeness (QED) is 0.788. The van der Waals surface area contributed by atoms with E-state index < -0.39 is 0 Å². The van der Waals surface area contributed by atoms with Gasteiger partial charge in [-0.25, -0.2) is 9.37 Å². The van der Waals surface area contributed by atoms with Crippen LogP contribution in [0.25, 0.3) is 11.1 Å². The van der Waals surface area contributed by atoms with Crippen molar-refractivity contribution in [2.24, 2.45) is 0 Å². The summed E-state index contributed by atoms with van der Waals surface area (Å²) in [4.78, 5) is 15.9. The van der Waals surface area contributed by atoms with Crippen molar-refractivity contribution in [3.8, 4) is 0 Å². The van der Waals surface area contributed by atoms with Gasteiger partial charge in [0.25, 0.3) is 0 Å². The third-order valence-corrected chi connectivity index (χ3v) is 3.44. The van der Waals surface area contributed by atoms with Crippen LogP contribution in [-0.4, -0.2) is 17.4 Å². The summed E-state index contributed by atoms with van der Waals surface area (Å²) in [5, 5.41) is 2.80. The van der Waals surface area contributed by atoms with Crippen molar-refractivity contribution in [1.82, 2.24) is 10.3 Å². The molecule has 112 valence electrons. The molecule has 0 bridgehead atoms. The number of amides is 1. The molecule has 0 saturated carbocycles. The molecule has 0 unspecified atom stereocenters. The van der Waals surface area contributed by atoms with E-state index in [0.29, 0.717) is 18.5 Å². The average molecular weight is 298 g/mol. The summed E-state index contributed by atoms with van der Waals surface area (Å²) < 4.78 is 18.7. The van der Waals surface area contributed by atoms with Crippen LogP contribution < -0.4 is 5.32 Å². The van der Waals surface area contributed by atoms with Gasteiger partial charge in [0.2, 0.25) is 5.91 Å². The molecule has 0 radical (unpaired) electrons. The van der Waals surface area contributed by atoms with Crippen LogP contribution in [0.4, 0.5) is 4.39 Å². The molecule has 0 aliphatic rings. The summed E-state index contributed by atoms with van der Waals surface area (Å²) in [5.74, 6) is -0.542. The van der Waals surface area contributed by atoms with E-state index in [2.05, 4.69) is 10.3 Å². The maximum atomic E-state index is 13.5. The molecule has 1 N–H and O–H groups in total. The Hall–Kier alpha value is -2.69. The molecule has 1 amide bonds. The molecule has 0 saturated heterocycles. The molecule has 4 nitrogen and oxygen atoms in total. The molecule has 1 heterocycles. The molecule has 1 aromatic heterocycles. The molecule has 0 fully saturated rings. The van der Waals surface area contributed by atoms with Crippen molar-refractivity contribution in [3.05, 3.63) is 65.8 Å². The smallest absolute Gasteiger partial charge is 0.224 e. The summed E-state index contributed by atoms with van der Waals surface area (Å²) in [6, 6.07) is 12.0. The highest BCUT2D eigenvalue weighted by molar-refractivity contribution is 5.78. The molecule has 5 heteroatoms. The SMILES string of the molecule is O=C(Cc1ccccc1F)NCCc1ccc2ncoc2c1. The molecule has 2 aromatic carbocycles. The van der Waals surface area contributed by atoms with E-state index in [-0.39, 0.29) is 18.1 Å². The van der Waals surface area contributed by atoms with Crippen molar-refractivity contribution in [2.75, 3.05) is 6.54 Å². The van der Waals surface area contributed by atoms with Crippen LogP contribution in [0.3, 0.4) is 0 Å². The summed E-state index contributed by atoms with van der Waals surface area (Å²) in [6.45, 7) is 0.493. The Kier molecular flexibility index (Phi) is 4.14. The molecule has 3 rings (SSSR count). The second-order valence-corrected chi connectivity index (χ2v) is 5.02. The largest absolute Gasteiger partial charge is 0.443 e. The normalized spacial score (nSPS) is 10.8. The van der Waals surface area contributed by atoms with Crippen molar-refractivity contribution < 1.29 is 13.6 Å². The third kappa shape index (κ3) is 3.31. The van der Waals surface area contributed by atoms with E-state index in [9.17, 15) is 9.18 Å². The summed E-state index contributed by atoms with van der Waals surface area (Å²) in [6.07, 6.45) is 2.14. The lowest BCUT2D eigenvalue weighted by Crippen LogP contribution is -2.27. The Labute approximate surface area is 127 Å². The van der Waals surface area contributed by atoms with Gasteiger partial charge in [-0.2, -0.15) is 0 Å². The zero-order valence-electron chi connectivity index (χ0n) is 11.9. The Morgan fingerprint density at radius 3 is 2.95 bits per heavy atom. The molecule has 0 atom stereocenters. The minimum Gasteiger partial charge on any atom is -0.443 e. The standard InChI is InChI=1S/C17H15FN2O2/c18-14-4-2-1-3-13(14)10-17(21)19-8-7-12-5-6-15-16(9-12)22-11-20-15/h1-6,9,11H,7-8,10H2,(H,19,21). The van der Waals surface area contributed by atoms with Crippen molar-refractivity contribution >= 4 is 17.0 Å². The fraction of sp³-hybridized carbons (Fsp3) is 0.176. The molecule has 0 spiro atoms. The minimum absolute atomic E-state index is 0.0494. The lowest BCUT2D eigenvalue weighted by atomic mass is 10.1. The van der Waals surface area contributed by atoms with Crippen LogP contribution in [0, 0.1) is 5.82 Å². The molecule has 0 aliphatic carbocycles. The summed E-state index contributed by atoms with van der Waals surface area (Å²) in [5.41, 5.74) is 3.00. The Bertz CT molecular complexity index is 798. The maximum Gasteiger partial charge on any atom is 0.224 e. The first-order valence-electron chi connectivity index (χ1n) is 7.04. The van der Waals surface area contributed by atoms with Crippen LogP contribution in [0.5, 0.6) is 0 Å². The highest BCUT2D eigenvalue weighted by Crippen LogP contribution is 2.14. The van der Waals surface area contributed by atoms with Gasteiger partial charge in [-0.15, -0.1) is 0 Å². The van der Waals surface area contributed by atoms with E-state index >= 15 is 0 Å². The van der Waals surface area contributed by atoms with Crippen molar-refractivity contribution in [3.63, 3.8) is 0 Å². The van der Waals surface area contributed by atoms with Crippen LogP contribution >= 0.6 is 0 Å². The first-order chi connectivity index (χ1) is 10.7. The number of carbonyl (C=O) groups is 1. The molecule has 0 aliphatic heterocycles. The number of nitrogens with zero attached hydrogens (tertiary/aromatic N) is 1. The first-order valence-corrected chi connectivity index (χ1v) is 7.04. The number of nitrogens with one attached hydrogen (secondary N) is 1. The van der Waals surface area contributed by atoms with E-state index in [1.54, 1.807) is 18.2 Å². The summed E-state index contributed by atoms with van der Waals surface area (Å²) >= 11 is 0. The summed E-state index contributed by atoms with van der Waals surface area (Å²) in [7, 11) is 0. The molecule has 3 aromatic rings. The van der Waals surface area contributed by atoms with Gasteiger partial charge < -0.3 is 9.73 Å². The van der Waals surface area contributed by atoms with Crippen molar-refractivity contribution in [2.45, 2.75) is 12.8 Å². The van der Waals surface area contributed by atoms with E-state index in [1.165, 1.54) is 12.5 Å². The fourth-order valence-electron chi connectivity index (χ4n) is 2.28. The van der Waals surface area contributed by atoms with Crippen LogP contribution in [-0.2, 0) is 17.6 Å². The van der Waals surface area contributed by atoms with Gasteiger partial charge in [-0.05, 0) is 35.7 Å². The Morgan fingerprint density at radius 1 is 1.23 bits per heavy atom. The number of rotatable bonds is 5. The van der Waals surface area contributed by atoms with Gasteiger partial charge in [0.05, 0.1) is 6.42 Å². The van der Waals surface area contributed by atoms with Gasteiger partial charge in [0, 0.05) is 6.54 Å². The van der Waals surface area contributed by atoms with Gasteiger partial charge >= 0.3 is 0 Å². The molecular formula is C17H15FN2O2. The zero-order valence-corrected chi connectivity index (χ0v) is 11.9. The predicted molar refractivity (Wildman–Crippen MR) is 80.8 cm³/mol. The minimum atomic E-state index is -0.353. The van der Waals surface area contributed by atoms with E-state index in [4.69, 9.17) is 4.42 Å². The first kappa shape index (κ1) is 14.3. The number of benzene rings is 2. The topological polar surface area (TPSA) is 55.1 Å². The Balaban J connectivity index is 1.52. The van der Waals surface area contributed by atoms with Gasteiger partial charge in [0.15, 0.2) is 12.0 Å². The number of fused-ring (bicyclic) bond motifs is 1. The Morgan fingerprint density at radius 2 is 2.09 bits per heavy atom. The zero-order chi connectivity index (χ0) is 15.4. The number of hydrogen-bond donors (Lipinski definition) is 1. The second-order valence-electron chi connectivity index (χ2n) is 5.02. The predicted octanol–water partition coefficient (Wildman–Crippen LogP) is 2.87. The highest BCUT2D eigenvalue weighted by atomic mass is 19.1. The maximum absolute atomic E-state index is 13.5. The van der Waals surface area contributed by atoms with Gasteiger partial charge in [-0.1, -0.05) is 24.3 Å². The number of carbonyl (C=O) groups excluding carboxylic acids is 1. The number of hydrogen-bond acceptors (Lipinski definition) is 3. The fourth-order valence-corrected chi connectivity index (χ4v) is 2.28. The van der Waals surface area contributed by atoms with E-state index in [1.807, 2.05) is 18.2 Å². The third-order valence-electron chi connectivity index (χ3n) is 3.44. The van der Waals surface area contributed by atoms with Gasteiger partial charge in [0.1, 0.15) is 11.3 Å². The number of aromatic nitrogens is 1. The second kappa shape index (κ2) is 6.39. The lowest BCUT2D eigenvalue weighted by molar-refractivity contribution is -0.120. The average Bonchev–Trinajstić information content (AvgIpc) is 2.97. The highest BCUT2D eigenvalue weighted by Gasteiger charge is 2.07. The van der Waals surface area contributed by atoms with Crippen LogP contribution in [0.15, 0.2) is 53.3 Å². The lowest BCUT2D eigenvalue weighted by Gasteiger charge is -2.06. The number of oxazole rings is 1. The van der Waals surface area contributed by atoms with Crippen LogP contribution in [0.2, 0.25) is 0 Å². The van der Waals surface area contributed by atoms with Crippen molar-refractivity contribution in [1.29, 1.82) is 0 Å². The van der Waals surface area contributed by atoms with Crippen LogP contribution in [0.1, 0.15) is 11.1 Å². The van der Waals surface area contributed by atoms with Gasteiger partial charge in [-0.3, -0.25) is 4.79 Å². The number of halogens is 1. The molecular weight excluding hydrogens is 283 g/mol.